The van der Waals surface area contributed by atoms with Crippen molar-refractivity contribution in [2.45, 2.75) is 251 Å². The van der Waals surface area contributed by atoms with Crippen molar-refractivity contribution in [1.82, 2.24) is 0 Å². The molecule has 0 saturated carbocycles. The number of esters is 2. The molecule has 0 aromatic carbocycles. The topological polar surface area (TPSA) is 72.8 Å². The van der Waals surface area contributed by atoms with Crippen LogP contribution in [-0.4, -0.2) is 36.4 Å². The summed E-state index contributed by atoms with van der Waals surface area (Å²) in [6.07, 6.45) is 96.4. The Labute approximate surface area is 456 Å². The van der Waals surface area contributed by atoms with Gasteiger partial charge in [0.25, 0.3) is 0 Å². The zero-order chi connectivity index (χ0) is 53.4. The lowest BCUT2D eigenvalue weighted by molar-refractivity contribution is -0.161. The Morgan fingerprint density at radius 1 is 0.311 bits per heavy atom. The molecule has 416 valence electrons. The van der Waals surface area contributed by atoms with Crippen LogP contribution in [0.4, 0.5) is 0 Å². The van der Waals surface area contributed by atoms with Crippen LogP contribution in [0, 0.1) is 0 Å². The fraction of sp³-hybridized carbons (Fsp3) is 0.594. The number of carbonyl (C=O) groups excluding carboxylic acids is 2. The summed E-state index contributed by atoms with van der Waals surface area (Å²) in [4.78, 5) is 24.6. The average Bonchev–Trinajstić information content (AvgIpc) is 3.40. The first-order chi connectivity index (χ1) is 36.6. The second kappa shape index (κ2) is 62.8. The number of hydrogen-bond acceptors (Lipinski definition) is 5. The van der Waals surface area contributed by atoms with Crippen LogP contribution >= 0.6 is 0 Å². The van der Waals surface area contributed by atoms with Gasteiger partial charge in [0.1, 0.15) is 6.61 Å². The molecule has 1 atom stereocenters. The van der Waals surface area contributed by atoms with Crippen molar-refractivity contribution in [2.75, 3.05) is 13.2 Å². The predicted octanol–water partition coefficient (Wildman–Crippen LogP) is 20.7. The second-order valence-corrected chi connectivity index (χ2v) is 19.3. The highest BCUT2D eigenvalue weighted by molar-refractivity contribution is 5.70. The summed E-state index contributed by atoms with van der Waals surface area (Å²) in [5.41, 5.74) is 0. The Hall–Kier alpha value is -4.48. The fourth-order valence-electron chi connectivity index (χ4n) is 7.89. The molecule has 0 radical (unpaired) electrons. The number of ether oxygens (including phenoxy) is 2. The molecule has 0 saturated heterocycles. The van der Waals surface area contributed by atoms with Gasteiger partial charge in [0.05, 0.1) is 6.61 Å². The van der Waals surface area contributed by atoms with E-state index in [0.29, 0.717) is 12.8 Å². The standard InChI is InChI=1S/C69H110O5/c1-3-5-7-9-11-13-15-17-19-21-23-25-27-29-31-33-34-36-38-40-42-44-46-48-50-52-54-56-58-60-62-64-69(72)74-67(65-70)66-73-68(71)63-61-59-57-55-53-51-49-47-45-43-41-39-37-35-32-30-28-26-24-22-20-18-16-14-12-10-8-6-4-2/h5-8,11-14,17-20,23-26,29-32,34,36-37,39-40,42,67,70H,3-4,9-10,15-16,21-22,27-28,33,35,38,41,43-66H2,1-2H3/b7-5-,8-6-,13-11-,14-12-,19-17-,20-18-,25-23-,26-24-,31-29-,32-30-,36-34-,39-37-,42-40-. The van der Waals surface area contributed by atoms with Gasteiger partial charge in [0, 0.05) is 12.8 Å². The highest BCUT2D eigenvalue weighted by atomic mass is 16.6. The minimum Gasteiger partial charge on any atom is -0.462 e. The molecule has 0 amide bonds. The second-order valence-electron chi connectivity index (χ2n) is 19.3. The van der Waals surface area contributed by atoms with Crippen LogP contribution in [0.5, 0.6) is 0 Å². The van der Waals surface area contributed by atoms with Crippen LogP contribution in [0.15, 0.2) is 158 Å². The normalized spacial score (nSPS) is 13.4. The van der Waals surface area contributed by atoms with Gasteiger partial charge in [-0.2, -0.15) is 0 Å². The maximum Gasteiger partial charge on any atom is 0.306 e. The molecule has 0 bridgehead atoms. The Bertz CT molecular complexity index is 1620. The van der Waals surface area contributed by atoms with Crippen LogP contribution in [0.1, 0.15) is 245 Å². The highest BCUT2D eigenvalue weighted by Crippen LogP contribution is 2.15. The number of aliphatic hydroxyl groups is 1. The Kier molecular flexibility index (Phi) is 59.0. The molecule has 0 rings (SSSR count). The molecule has 1 N–H and O–H groups in total. The lowest BCUT2D eigenvalue weighted by Crippen LogP contribution is -2.28. The monoisotopic (exact) mass is 1020 g/mol. The first-order valence-corrected chi connectivity index (χ1v) is 30.0. The van der Waals surface area contributed by atoms with E-state index in [0.717, 1.165) is 128 Å². The molecule has 0 fully saturated rings. The van der Waals surface area contributed by atoms with E-state index < -0.39 is 6.10 Å². The molecule has 5 nitrogen and oxygen atoms in total. The summed E-state index contributed by atoms with van der Waals surface area (Å²) in [5.74, 6) is -0.611. The van der Waals surface area contributed by atoms with Gasteiger partial charge >= 0.3 is 11.9 Å². The average molecular weight is 1020 g/mol. The summed E-state index contributed by atoms with van der Waals surface area (Å²) in [7, 11) is 0. The minimum absolute atomic E-state index is 0.0803. The van der Waals surface area contributed by atoms with E-state index in [4.69, 9.17) is 9.47 Å². The van der Waals surface area contributed by atoms with Gasteiger partial charge in [0.2, 0.25) is 0 Å². The van der Waals surface area contributed by atoms with Crippen LogP contribution in [0.25, 0.3) is 0 Å². The van der Waals surface area contributed by atoms with E-state index in [9.17, 15) is 14.7 Å². The van der Waals surface area contributed by atoms with Gasteiger partial charge in [-0.05, 0) is 122 Å². The van der Waals surface area contributed by atoms with Gasteiger partial charge in [-0.15, -0.1) is 0 Å². The number of rotatable bonds is 53. The summed E-state index contributed by atoms with van der Waals surface area (Å²) in [6, 6.07) is 0. The summed E-state index contributed by atoms with van der Waals surface area (Å²) in [6.45, 7) is 3.90. The van der Waals surface area contributed by atoms with Crippen LogP contribution < -0.4 is 0 Å². The molecule has 0 heterocycles. The van der Waals surface area contributed by atoms with Gasteiger partial charge in [-0.3, -0.25) is 9.59 Å². The number of unbranched alkanes of at least 4 members (excludes halogenated alkanes) is 19. The third-order valence-corrected chi connectivity index (χ3v) is 12.3. The van der Waals surface area contributed by atoms with Gasteiger partial charge < -0.3 is 14.6 Å². The first kappa shape index (κ1) is 69.5. The van der Waals surface area contributed by atoms with E-state index >= 15 is 0 Å². The van der Waals surface area contributed by atoms with Gasteiger partial charge in [0.15, 0.2) is 6.10 Å². The van der Waals surface area contributed by atoms with Crippen molar-refractivity contribution in [3.63, 3.8) is 0 Å². The van der Waals surface area contributed by atoms with Crippen molar-refractivity contribution in [3.8, 4) is 0 Å². The zero-order valence-corrected chi connectivity index (χ0v) is 47.5. The van der Waals surface area contributed by atoms with Crippen molar-refractivity contribution >= 4 is 11.9 Å². The smallest absolute Gasteiger partial charge is 0.306 e. The van der Waals surface area contributed by atoms with E-state index in [1.165, 1.54) is 89.9 Å². The fourth-order valence-corrected chi connectivity index (χ4v) is 7.89. The summed E-state index contributed by atoms with van der Waals surface area (Å²) >= 11 is 0. The molecule has 0 aliphatic carbocycles. The molecular formula is C69H110O5. The maximum atomic E-state index is 12.3. The van der Waals surface area contributed by atoms with Crippen molar-refractivity contribution < 1.29 is 24.2 Å². The molecule has 0 spiro atoms. The van der Waals surface area contributed by atoms with Crippen molar-refractivity contribution in [1.29, 1.82) is 0 Å². The highest BCUT2D eigenvalue weighted by Gasteiger charge is 2.16. The molecule has 5 heteroatoms. The Morgan fingerprint density at radius 3 is 0.811 bits per heavy atom. The molecule has 0 aliphatic heterocycles. The number of hydrogen-bond donors (Lipinski definition) is 1. The van der Waals surface area contributed by atoms with Crippen molar-refractivity contribution in [3.05, 3.63) is 158 Å². The predicted molar refractivity (Wildman–Crippen MR) is 324 cm³/mol. The molecule has 0 aliphatic rings. The largest absolute Gasteiger partial charge is 0.462 e. The Morgan fingerprint density at radius 2 is 0.541 bits per heavy atom. The van der Waals surface area contributed by atoms with E-state index in [1.54, 1.807) is 0 Å². The van der Waals surface area contributed by atoms with Gasteiger partial charge in [-0.1, -0.05) is 268 Å². The van der Waals surface area contributed by atoms with E-state index in [1.807, 2.05) is 0 Å². The molecule has 0 aromatic heterocycles. The quantitative estimate of drug-likeness (QED) is 0.0373. The summed E-state index contributed by atoms with van der Waals surface area (Å²) in [5, 5.41) is 9.67. The van der Waals surface area contributed by atoms with Crippen LogP contribution in [0.3, 0.4) is 0 Å². The zero-order valence-electron chi connectivity index (χ0n) is 47.5. The SMILES string of the molecule is CC/C=C\C/C=C\C/C=C\C/C=C\C/C=C\C/C=C\C/C=C\CCCCCCCCCCCC(=O)OC(CO)COC(=O)CCCCCCCCCCCC/C=C\C/C=C\C/C=C\C/C=C\C/C=C\C/C=C\CC. The van der Waals surface area contributed by atoms with E-state index in [2.05, 4.69) is 172 Å². The van der Waals surface area contributed by atoms with E-state index in [-0.39, 0.29) is 25.2 Å². The molecular weight excluding hydrogens is 909 g/mol. The molecule has 0 aromatic rings. The number of aliphatic hydroxyl groups excluding tert-OH is 1. The third kappa shape index (κ3) is 60.1. The van der Waals surface area contributed by atoms with Crippen LogP contribution in [0.2, 0.25) is 0 Å². The molecule has 74 heavy (non-hydrogen) atoms. The van der Waals surface area contributed by atoms with Crippen molar-refractivity contribution in [2.24, 2.45) is 0 Å². The molecule has 1 unspecified atom stereocenters. The minimum atomic E-state index is -0.791. The maximum absolute atomic E-state index is 12.3. The lowest BCUT2D eigenvalue weighted by Gasteiger charge is -2.15. The summed E-state index contributed by atoms with van der Waals surface area (Å²) < 4.78 is 10.7. The van der Waals surface area contributed by atoms with Gasteiger partial charge in [-0.25, -0.2) is 0 Å². The lowest BCUT2D eigenvalue weighted by atomic mass is 10.1. The first-order valence-electron chi connectivity index (χ1n) is 30.0. The third-order valence-electron chi connectivity index (χ3n) is 12.3. The number of allylic oxidation sites excluding steroid dienone is 26. The van der Waals surface area contributed by atoms with Crippen LogP contribution in [-0.2, 0) is 19.1 Å². The number of carbonyl (C=O) groups is 2. The Balaban J connectivity index is 3.58.